The Morgan fingerprint density at radius 3 is 1.37 bits per heavy atom. The number of ether oxygens (including phenoxy) is 6. The zero-order valence-electron chi connectivity index (χ0n) is 28.2. The molecule has 1 aromatic carbocycles. The number of amides is 4. The van der Waals surface area contributed by atoms with Gasteiger partial charge in [0.05, 0.1) is 39.6 Å². The fourth-order valence-electron chi connectivity index (χ4n) is 4.10. The summed E-state index contributed by atoms with van der Waals surface area (Å²) in [5, 5.41) is 10.9. The van der Waals surface area contributed by atoms with Crippen LogP contribution in [0.1, 0.15) is 51.7 Å². The van der Waals surface area contributed by atoms with Crippen LogP contribution in [0.15, 0.2) is 24.3 Å². The van der Waals surface area contributed by atoms with Crippen LogP contribution in [-0.4, -0.2) is 103 Å². The zero-order valence-corrected chi connectivity index (χ0v) is 28.2. The summed E-state index contributed by atoms with van der Waals surface area (Å²) in [4.78, 5) is 50.4. The fraction of sp³-hybridized carbons (Fsp3) is 0.688. The van der Waals surface area contributed by atoms with Crippen molar-refractivity contribution in [2.75, 3.05) is 67.1 Å². The lowest BCUT2D eigenvalue weighted by Crippen LogP contribution is -2.47. The molecule has 0 fully saturated rings. The minimum Gasteiger partial charge on any atom is -0.462 e. The van der Waals surface area contributed by atoms with Crippen LogP contribution < -0.4 is 21.3 Å². The molecule has 0 aliphatic carbocycles. The van der Waals surface area contributed by atoms with Crippen LogP contribution in [0.2, 0.25) is 0 Å². The fourth-order valence-corrected chi connectivity index (χ4v) is 4.10. The Morgan fingerprint density at radius 1 is 0.609 bits per heavy atom. The summed E-state index contributed by atoms with van der Waals surface area (Å²) in [7, 11) is 3.15. The van der Waals surface area contributed by atoms with E-state index in [-0.39, 0.29) is 51.4 Å². The zero-order chi connectivity index (χ0) is 34.2. The van der Waals surface area contributed by atoms with E-state index in [1.807, 2.05) is 52.0 Å². The molecule has 0 radical (unpaired) electrons. The molecule has 0 heterocycles. The molecular weight excluding hydrogens is 600 g/mol. The van der Waals surface area contributed by atoms with Gasteiger partial charge in [-0.05, 0) is 35.8 Å². The molecule has 0 aliphatic heterocycles. The highest BCUT2D eigenvalue weighted by molar-refractivity contribution is 5.84. The maximum absolute atomic E-state index is 12.6. The molecular formula is C32H54N4O10. The van der Waals surface area contributed by atoms with Gasteiger partial charge in [0.25, 0.3) is 0 Å². The van der Waals surface area contributed by atoms with E-state index in [0.29, 0.717) is 39.3 Å². The van der Waals surface area contributed by atoms with Crippen molar-refractivity contribution < 1.29 is 47.6 Å². The van der Waals surface area contributed by atoms with Gasteiger partial charge in [0.15, 0.2) is 0 Å². The Balaban J connectivity index is 2.57. The molecule has 0 aliphatic rings. The van der Waals surface area contributed by atoms with Crippen LogP contribution in [0.3, 0.4) is 0 Å². The Bertz CT molecular complexity index is 949. The van der Waals surface area contributed by atoms with Crippen molar-refractivity contribution in [3.8, 4) is 0 Å². The molecule has 0 bridgehead atoms. The van der Waals surface area contributed by atoms with Crippen molar-refractivity contribution in [3.05, 3.63) is 35.4 Å². The minimum atomic E-state index is -0.806. The van der Waals surface area contributed by atoms with E-state index in [1.165, 1.54) is 0 Å². The number of hydrogen-bond donors (Lipinski definition) is 4. The molecule has 0 saturated carbocycles. The molecule has 2 atom stereocenters. The smallest absolute Gasteiger partial charge is 0.328 e. The van der Waals surface area contributed by atoms with Gasteiger partial charge >= 0.3 is 24.0 Å². The van der Waals surface area contributed by atoms with Crippen LogP contribution in [0.4, 0.5) is 9.59 Å². The number of benzene rings is 1. The van der Waals surface area contributed by atoms with Gasteiger partial charge < -0.3 is 49.7 Å². The van der Waals surface area contributed by atoms with Gasteiger partial charge in [0.2, 0.25) is 0 Å². The number of esters is 2. The largest absolute Gasteiger partial charge is 0.462 e. The highest BCUT2D eigenvalue weighted by atomic mass is 16.6. The van der Waals surface area contributed by atoms with Crippen molar-refractivity contribution in [2.24, 2.45) is 11.8 Å². The molecule has 2 unspecified atom stereocenters. The summed E-state index contributed by atoms with van der Waals surface area (Å²) in [5.41, 5.74) is 1.58. The third-order valence-electron chi connectivity index (χ3n) is 6.30. The van der Waals surface area contributed by atoms with E-state index in [2.05, 4.69) is 21.3 Å². The second-order valence-corrected chi connectivity index (χ2v) is 11.4. The first kappa shape index (κ1) is 40.6. The SMILES string of the molecule is COCCOCCOC(=O)C(CC(C)C)NC(=O)NCc1cccc(CNC(=O)NC(CC(C)C)C(=O)OCCOCCOC)c1. The highest BCUT2D eigenvalue weighted by Gasteiger charge is 2.24. The van der Waals surface area contributed by atoms with Gasteiger partial charge in [-0.15, -0.1) is 0 Å². The molecule has 46 heavy (non-hydrogen) atoms. The predicted molar refractivity (Wildman–Crippen MR) is 171 cm³/mol. The predicted octanol–water partition coefficient (Wildman–Crippen LogP) is 2.53. The molecule has 262 valence electrons. The summed E-state index contributed by atoms with van der Waals surface area (Å²) in [6, 6.07) is 4.69. The number of carbonyl (C=O) groups is 4. The van der Waals surface area contributed by atoms with Crippen molar-refractivity contribution in [1.82, 2.24) is 21.3 Å². The maximum Gasteiger partial charge on any atom is 0.328 e. The van der Waals surface area contributed by atoms with Gasteiger partial charge in [-0.1, -0.05) is 52.0 Å². The van der Waals surface area contributed by atoms with E-state index in [4.69, 9.17) is 28.4 Å². The Hall–Kier alpha value is -3.46. The summed E-state index contributed by atoms with van der Waals surface area (Å²) in [6.07, 6.45) is 0.831. The van der Waals surface area contributed by atoms with Crippen LogP contribution in [-0.2, 0) is 51.1 Å². The van der Waals surface area contributed by atoms with Gasteiger partial charge in [-0.3, -0.25) is 0 Å². The lowest BCUT2D eigenvalue weighted by Gasteiger charge is -2.20. The first-order valence-corrected chi connectivity index (χ1v) is 15.7. The molecule has 14 heteroatoms. The second-order valence-electron chi connectivity index (χ2n) is 11.4. The summed E-state index contributed by atoms with van der Waals surface area (Å²) < 4.78 is 31.0. The second kappa shape index (κ2) is 24.7. The minimum absolute atomic E-state index is 0.0763. The van der Waals surface area contributed by atoms with Crippen molar-refractivity contribution in [1.29, 1.82) is 0 Å². The summed E-state index contributed by atoms with van der Waals surface area (Å²) in [5.74, 6) is -0.758. The van der Waals surface area contributed by atoms with Crippen molar-refractivity contribution in [2.45, 2.75) is 65.7 Å². The van der Waals surface area contributed by atoms with Gasteiger partial charge in [-0.2, -0.15) is 0 Å². The molecule has 4 amide bonds. The van der Waals surface area contributed by atoms with Crippen molar-refractivity contribution in [3.63, 3.8) is 0 Å². The Kier molecular flexibility index (Phi) is 21.8. The van der Waals surface area contributed by atoms with E-state index >= 15 is 0 Å². The Labute approximate surface area is 272 Å². The molecule has 1 rings (SSSR count). The molecule has 0 aromatic heterocycles. The lowest BCUT2D eigenvalue weighted by atomic mass is 10.0. The van der Waals surface area contributed by atoms with Crippen LogP contribution in [0.25, 0.3) is 0 Å². The van der Waals surface area contributed by atoms with Crippen molar-refractivity contribution >= 4 is 24.0 Å². The van der Waals surface area contributed by atoms with E-state index in [1.54, 1.807) is 14.2 Å². The van der Waals surface area contributed by atoms with Crippen LogP contribution >= 0.6 is 0 Å². The van der Waals surface area contributed by atoms with E-state index < -0.39 is 36.1 Å². The van der Waals surface area contributed by atoms with E-state index in [0.717, 1.165) is 11.1 Å². The molecule has 0 spiro atoms. The lowest BCUT2D eigenvalue weighted by molar-refractivity contribution is -0.148. The molecule has 1 aromatic rings. The molecule has 4 N–H and O–H groups in total. The topological polar surface area (TPSA) is 172 Å². The number of hydrogen-bond acceptors (Lipinski definition) is 10. The van der Waals surface area contributed by atoms with Gasteiger partial charge in [-0.25, -0.2) is 19.2 Å². The third kappa shape index (κ3) is 19.8. The quantitative estimate of drug-likeness (QED) is 0.0959. The summed E-state index contributed by atoms with van der Waals surface area (Å²) >= 11 is 0. The first-order valence-electron chi connectivity index (χ1n) is 15.7. The number of nitrogens with one attached hydrogen (secondary N) is 4. The first-order chi connectivity index (χ1) is 22.0. The standard InChI is InChI=1S/C32H54N4O10/c1-23(2)18-27(29(37)45-16-14-43-12-10-41-5)35-31(39)33-21-25-8-7-9-26(20-25)22-34-32(40)36-28(19-24(3)4)30(38)46-17-15-44-13-11-42-6/h7-9,20,23-24,27-28H,10-19,21-22H2,1-6H3,(H2,33,35,39)(H2,34,36,40). The third-order valence-corrected chi connectivity index (χ3v) is 6.30. The molecule has 0 saturated heterocycles. The average molecular weight is 655 g/mol. The highest BCUT2D eigenvalue weighted by Crippen LogP contribution is 2.09. The average Bonchev–Trinajstić information content (AvgIpc) is 3.01. The normalized spacial score (nSPS) is 12.3. The van der Waals surface area contributed by atoms with Gasteiger partial charge in [0.1, 0.15) is 25.3 Å². The maximum atomic E-state index is 12.6. The molecule has 14 nitrogen and oxygen atoms in total. The number of urea groups is 2. The van der Waals surface area contributed by atoms with E-state index in [9.17, 15) is 19.2 Å². The number of methoxy groups -OCH3 is 2. The van der Waals surface area contributed by atoms with Gasteiger partial charge in [0, 0.05) is 27.3 Å². The number of carbonyl (C=O) groups excluding carboxylic acids is 4. The summed E-state index contributed by atoms with van der Waals surface area (Å²) in [6.45, 7) is 10.5. The van der Waals surface area contributed by atoms with Crippen LogP contribution in [0.5, 0.6) is 0 Å². The van der Waals surface area contributed by atoms with Crippen LogP contribution in [0, 0.1) is 11.8 Å². The monoisotopic (exact) mass is 654 g/mol. The Morgan fingerprint density at radius 2 is 1.00 bits per heavy atom. The number of rotatable bonds is 24.